The molecule has 3 aromatic carbocycles. The van der Waals surface area contributed by atoms with Gasteiger partial charge in [-0.3, -0.25) is 0 Å². The van der Waals surface area contributed by atoms with Crippen LogP contribution < -0.4 is 0 Å². The van der Waals surface area contributed by atoms with Crippen molar-refractivity contribution in [3.8, 4) is 0 Å². The third kappa shape index (κ3) is 3.37. The molecule has 1 nitrogen and oxygen atoms in total. The first-order valence-corrected chi connectivity index (χ1v) is 10.2. The van der Waals surface area contributed by atoms with Crippen LogP contribution in [0, 0.1) is 0 Å². The maximum atomic E-state index is 5.82. The second-order valence-corrected chi connectivity index (χ2v) is 8.40. The summed E-state index contributed by atoms with van der Waals surface area (Å²) in [7, 11) is 0. The third-order valence-electron chi connectivity index (χ3n) is 4.34. The van der Waals surface area contributed by atoms with E-state index < -0.39 is 0 Å². The molecule has 3 aromatic rings. The number of rotatable bonds is 4. The van der Waals surface area contributed by atoms with E-state index in [9.17, 15) is 0 Å². The van der Waals surface area contributed by atoms with Crippen LogP contribution in [-0.2, 0) is 4.74 Å². The van der Waals surface area contributed by atoms with E-state index in [1.165, 1.54) is 45.7 Å². The van der Waals surface area contributed by atoms with Crippen LogP contribution in [0.25, 0.3) is 21.5 Å². The van der Waals surface area contributed by atoms with E-state index >= 15 is 0 Å². The van der Waals surface area contributed by atoms with E-state index in [-0.39, 0.29) is 0 Å². The summed E-state index contributed by atoms with van der Waals surface area (Å²) < 4.78 is 5.82. The molecule has 0 unspecified atom stereocenters. The van der Waals surface area contributed by atoms with Crippen LogP contribution in [-0.4, -0.2) is 17.1 Å². The number of fused-ring (bicyclic) bond motifs is 3. The lowest BCUT2D eigenvalue weighted by atomic mass is 10.0. The van der Waals surface area contributed by atoms with Gasteiger partial charge in [0.25, 0.3) is 0 Å². The highest BCUT2D eigenvalue weighted by Crippen LogP contribution is 2.37. The molecular weight excluding hydrogens is 320 g/mol. The van der Waals surface area contributed by atoms with E-state index in [0.717, 1.165) is 11.7 Å². The van der Waals surface area contributed by atoms with Crippen molar-refractivity contribution in [2.45, 2.75) is 29.6 Å². The van der Waals surface area contributed by atoms with Crippen LogP contribution in [0.15, 0.2) is 59.5 Å². The first kappa shape index (κ1) is 15.4. The molecule has 0 saturated carbocycles. The molecule has 0 bridgehead atoms. The lowest BCUT2D eigenvalue weighted by Crippen LogP contribution is -2.15. The number of ether oxygens (including phenoxy) is 1. The Labute approximate surface area is 145 Å². The highest BCUT2D eigenvalue weighted by molar-refractivity contribution is 8.16. The molecule has 1 aliphatic heterocycles. The quantitative estimate of drug-likeness (QED) is 0.313. The van der Waals surface area contributed by atoms with Crippen molar-refractivity contribution in [2.24, 2.45) is 0 Å². The van der Waals surface area contributed by atoms with Gasteiger partial charge in [-0.15, -0.1) is 23.5 Å². The molecule has 1 fully saturated rings. The van der Waals surface area contributed by atoms with Gasteiger partial charge in [-0.2, -0.15) is 0 Å². The van der Waals surface area contributed by atoms with Crippen molar-refractivity contribution < 1.29 is 4.74 Å². The van der Waals surface area contributed by atoms with Gasteiger partial charge in [-0.25, -0.2) is 0 Å². The fourth-order valence-corrected chi connectivity index (χ4v) is 5.61. The number of hydrogen-bond acceptors (Lipinski definition) is 3. The normalized spacial score (nSPS) is 18.5. The molecule has 1 saturated heterocycles. The molecule has 1 aliphatic rings. The molecule has 4 rings (SSSR count). The van der Waals surface area contributed by atoms with Crippen molar-refractivity contribution in [3.05, 3.63) is 54.6 Å². The van der Waals surface area contributed by atoms with Crippen LogP contribution in [0.5, 0.6) is 0 Å². The average molecular weight is 341 g/mol. The number of thioether (sulfide) groups is 2. The van der Waals surface area contributed by atoms with E-state index in [0.29, 0.717) is 5.44 Å². The molecule has 0 aromatic heterocycles. The summed E-state index contributed by atoms with van der Waals surface area (Å²) in [6, 6.07) is 19.8. The largest absolute Gasteiger partial charge is 0.368 e. The summed E-state index contributed by atoms with van der Waals surface area (Å²) in [5.74, 6) is 0. The maximum Gasteiger partial charge on any atom is 0.104 e. The number of benzene rings is 3. The summed E-state index contributed by atoms with van der Waals surface area (Å²) in [5, 5.41) is 6.43. The van der Waals surface area contributed by atoms with Gasteiger partial charge in [0.05, 0.1) is 0 Å². The fourth-order valence-electron chi connectivity index (χ4n) is 3.16. The van der Waals surface area contributed by atoms with Crippen molar-refractivity contribution in [1.82, 2.24) is 0 Å². The monoisotopic (exact) mass is 340 g/mol. The Balaban J connectivity index is 1.60. The Kier molecular flexibility index (Phi) is 4.79. The minimum Gasteiger partial charge on any atom is -0.368 e. The summed E-state index contributed by atoms with van der Waals surface area (Å²) in [6.07, 6.45) is 3.73. The van der Waals surface area contributed by atoms with Gasteiger partial charge in [0.1, 0.15) is 5.44 Å². The molecule has 3 heteroatoms. The van der Waals surface area contributed by atoms with Gasteiger partial charge < -0.3 is 4.74 Å². The molecule has 23 heavy (non-hydrogen) atoms. The van der Waals surface area contributed by atoms with Crippen LogP contribution in [0.2, 0.25) is 0 Å². The molecule has 1 heterocycles. The van der Waals surface area contributed by atoms with Crippen LogP contribution in [0.1, 0.15) is 19.3 Å². The summed E-state index contributed by atoms with van der Waals surface area (Å²) in [6.45, 7) is 0.932. The Hall–Kier alpha value is -1.16. The highest BCUT2D eigenvalue weighted by atomic mass is 32.2. The Morgan fingerprint density at radius 2 is 1.70 bits per heavy atom. The Morgan fingerprint density at radius 1 is 0.913 bits per heavy atom. The molecule has 0 spiro atoms. The standard InChI is InChI=1S/C20H20OS2/c1-2-8-16-15(7-1)13-19(18-10-4-3-9-17(16)18)22-14-23-20-11-5-6-12-21-20/h1-4,7-10,13,20H,5-6,11-12,14H2/t20-/m1/s1. The maximum absolute atomic E-state index is 5.82. The zero-order chi connectivity index (χ0) is 15.5. The highest BCUT2D eigenvalue weighted by Gasteiger charge is 2.14. The van der Waals surface area contributed by atoms with Crippen LogP contribution >= 0.6 is 23.5 Å². The summed E-state index contributed by atoms with van der Waals surface area (Å²) in [4.78, 5) is 1.38. The van der Waals surface area contributed by atoms with Gasteiger partial charge in [0, 0.05) is 16.6 Å². The second-order valence-electron chi connectivity index (χ2n) is 5.87. The molecular formula is C20H20OS2. The molecule has 0 aliphatic carbocycles. The Bertz CT molecular complexity index is 809. The van der Waals surface area contributed by atoms with Gasteiger partial charge in [-0.1, -0.05) is 48.5 Å². The molecule has 0 N–H and O–H groups in total. The van der Waals surface area contributed by atoms with Gasteiger partial charge in [0.15, 0.2) is 0 Å². The summed E-state index contributed by atoms with van der Waals surface area (Å²) >= 11 is 3.89. The smallest absolute Gasteiger partial charge is 0.104 e. The van der Waals surface area contributed by atoms with Gasteiger partial charge >= 0.3 is 0 Å². The first-order chi connectivity index (χ1) is 11.4. The minimum atomic E-state index is 0.392. The van der Waals surface area contributed by atoms with E-state index in [1.807, 2.05) is 23.5 Å². The van der Waals surface area contributed by atoms with Crippen molar-refractivity contribution in [2.75, 3.05) is 11.7 Å². The van der Waals surface area contributed by atoms with Crippen molar-refractivity contribution in [1.29, 1.82) is 0 Å². The number of hydrogen-bond donors (Lipinski definition) is 0. The fraction of sp³-hybridized carbons (Fsp3) is 0.300. The van der Waals surface area contributed by atoms with E-state index in [1.54, 1.807) is 0 Å². The topological polar surface area (TPSA) is 9.23 Å². The average Bonchev–Trinajstić information content (AvgIpc) is 2.63. The van der Waals surface area contributed by atoms with E-state index in [4.69, 9.17) is 4.74 Å². The SMILES string of the molecule is c1ccc2c(c1)cc(SCS[C@@H]1CCCCO1)c1ccccc12. The van der Waals surface area contributed by atoms with E-state index in [2.05, 4.69) is 54.6 Å². The lowest BCUT2D eigenvalue weighted by Gasteiger charge is -2.21. The van der Waals surface area contributed by atoms with Crippen molar-refractivity contribution >= 4 is 45.1 Å². The van der Waals surface area contributed by atoms with Crippen molar-refractivity contribution in [3.63, 3.8) is 0 Å². The predicted molar refractivity (Wildman–Crippen MR) is 103 cm³/mol. The second kappa shape index (κ2) is 7.16. The van der Waals surface area contributed by atoms with Crippen LogP contribution in [0.3, 0.4) is 0 Å². The zero-order valence-electron chi connectivity index (χ0n) is 13.0. The molecule has 0 amide bonds. The Morgan fingerprint density at radius 3 is 2.52 bits per heavy atom. The predicted octanol–water partition coefficient (Wildman–Crippen LogP) is 6.30. The summed E-state index contributed by atoms with van der Waals surface area (Å²) in [5.41, 5.74) is 0.392. The third-order valence-corrected chi connectivity index (χ3v) is 6.74. The zero-order valence-corrected chi connectivity index (χ0v) is 14.7. The molecule has 118 valence electrons. The van der Waals surface area contributed by atoms with Crippen LogP contribution in [0.4, 0.5) is 0 Å². The molecule has 0 radical (unpaired) electrons. The molecule has 1 atom stereocenters. The first-order valence-electron chi connectivity index (χ1n) is 8.18. The van der Waals surface area contributed by atoms with Gasteiger partial charge in [0.2, 0.25) is 0 Å². The minimum absolute atomic E-state index is 0.392. The van der Waals surface area contributed by atoms with Gasteiger partial charge in [-0.05, 0) is 46.9 Å². The lowest BCUT2D eigenvalue weighted by molar-refractivity contribution is 0.0730.